The number of amides is 1. The second-order valence-electron chi connectivity index (χ2n) is 6.51. The van der Waals surface area contributed by atoms with Crippen LogP contribution in [0, 0.1) is 6.92 Å². The summed E-state index contributed by atoms with van der Waals surface area (Å²) in [5, 5.41) is 15.6. The van der Waals surface area contributed by atoms with E-state index in [0.717, 1.165) is 11.1 Å². The van der Waals surface area contributed by atoms with Gasteiger partial charge in [-0.05, 0) is 24.6 Å². The van der Waals surface area contributed by atoms with Crippen LogP contribution in [0.5, 0.6) is 5.75 Å². The van der Waals surface area contributed by atoms with Crippen molar-refractivity contribution in [2.75, 3.05) is 19.0 Å². The summed E-state index contributed by atoms with van der Waals surface area (Å²) in [6, 6.07) is 15.0. The summed E-state index contributed by atoms with van der Waals surface area (Å²) in [5.74, 6) is 0.891. The molecule has 0 atom stereocenters. The van der Waals surface area contributed by atoms with Gasteiger partial charge >= 0.3 is 0 Å². The first-order valence-electron chi connectivity index (χ1n) is 9.37. The van der Waals surface area contributed by atoms with Gasteiger partial charge in [0.05, 0.1) is 5.56 Å². The number of para-hydroxylation sites is 1. The van der Waals surface area contributed by atoms with Crippen LogP contribution in [0.15, 0.2) is 53.1 Å². The van der Waals surface area contributed by atoms with Crippen molar-refractivity contribution in [3.8, 4) is 28.6 Å². The van der Waals surface area contributed by atoms with Crippen LogP contribution in [-0.2, 0) is 16.1 Å². The quantitative estimate of drug-likeness (QED) is 0.444. The highest BCUT2D eigenvalue weighted by Gasteiger charge is 2.17. The minimum absolute atomic E-state index is 0.213. The molecule has 2 aromatic carbocycles. The average Bonchev–Trinajstić information content (AvgIpc) is 3.43. The summed E-state index contributed by atoms with van der Waals surface area (Å²) >= 11 is 1.24. The monoisotopic (exact) mass is 437 g/mol. The Morgan fingerprint density at radius 1 is 1.10 bits per heavy atom. The van der Waals surface area contributed by atoms with Gasteiger partial charge in [-0.3, -0.25) is 10.1 Å². The Bertz CT molecular complexity index is 1190. The Morgan fingerprint density at radius 3 is 2.68 bits per heavy atom. The molecule has 0 bridgehead atoms. The fourth-order valence-electron chi connectivity index (χ4n) is 2.82. The third-order valence-corrected chi connectivity index (χ3v) is 5.08. The van der Waals surface area contributed by atoms with Crippen molar-refractivity contribution < 1.29 is 18.8 Å². The van der Waals surface area contributed by atoms with Gasteiger partial charge in [0.15, 0.2) is 6.61 Å². The fraction of sp³-hybridized carbons (Fsp3) is 0.190. The number of aromatic nitrogens is 4. The summed E-state index contributed by atoms with van der Waals surface area (Å²) in [5.41, 5.74) is 2.53. The molecular formula is C21H19N5O4S. The largest absolute Gasteiger partial charge is 0.483 e. The van der Waals surface area contributed by atoms with E-state index < -0.39 is 0 Å². The van der Waals surface area contributed by atoms with Crippen molar-refractivity contribution >= 4 is 22.4 Å². The van der Waals surface area contributed by atoms with E-state index in [1.54, 1.807) is 25.3 Å². The molecule has 31 heavy (non-hydrogen) atoms. The molecular weight excluding hydrogens is 418 g/mol. The molecule has 0 aliphatic carbocycles. The summed E-state index contributed by atoms with van der Waals surface area (Å²) in [4.78, 5) is 16.7. The highest BCUT2D eigenvalue weighted by molar-refractivity contribution is 7.15. The SMILES string of the molecule is COCc1nnc(NC(=O)COc2ccccc2-c2nc(-c3ccccc3C)no2)s1. The van der Waals surface area contributed by atoms with Gasteiger partial charge < -0.3 is 14.0 Å². The smallest absolute Gasteiger partial charge is 0.264 e. The standard InChI is InChI=1S/C21H19N5O4S/c1-13-7-3-4-8-14(13)19-23-20(30-26-19)15-9-5-6-10-16(15)29-11-17(27)22-21-25-24-18(31-21)12-28-2/h3-10H,11-12H2,1-2H3,(H,22,25,27). The predicted octanol–water partition coefficient (Wildman–Crippen LogP) is 3.73. The number of nitrogens with one attached hydrogen (secondary N) is 1. The molecule has 0 saturated heterocycles. The Kier molecular flexibility index (Phi) is 6.29. The van der Waals surface area contributed by atoms with E-state index >= 15 is 0 Å². The number of hydrogen-bond donors (Lipinski definition) is 1. The van der Waals surface area contributed by atoms with Gasteiger partial charge in [-0.2, -0.15) is 4.98 Å². The molecule has 0 aliphatic rings. The first-order valence-corrected chi connectivity index (χ1v) is 10.2. The lowest BCUT2D eigenvalue weighted by molar-refractivity contribution is -0.118. The molecule has 1 amide bonds. The number of rotatable bonds is 8. The normalized spacial score (nSPS) is 10.8. The number of anilines is 1. The number of hydrogen-bond acceptors (Lipinski definition) is 9. The number of benzene rings is 2. The molecule has 0 fully saturated rings. The minimum atomic E-state index is -0.360. The summed E-state index contributed by atoms with van der Waals surface area (Å²) < 4.78 is 16.2. The van der Waals surface area contributed by atoms with Crippen LogP contribution in [0.3, 0.4) is 0 Å². The average molecular weight is 437 g/mol. The first-order chi connectivity index (χ1) is 15.1. The molecule has 10 heteroatoms. The minimum Gasteiger partial charge on any atom is -0.483 e. The second kappa shape index (κ2) is 9.45. The molecule has 0 radical (unpaired) electrons. The molecule has 4 aromatic rings. The van der Waals surface area contributed by atoms with Gasteiger partial charge in [-0.15, -0.1) is 10.2 Å². The Hall–Kier alpha value is -3.63. The van der Waals surface area contributed by atoms with E-state index in [0.29, 0.717) is 39.8 Å². The lowest BCUT2D eigenvalue weighted by atomic mass is 10.1. The van der Waals surface area contributed by atoms with Crippen LogP contribution >= 0.6 is 11.3 Å². The maximum absolute atomic E-state index is 12.2. The van der Waals surface area contributed by atoms with Crippen molar-refractivity contribution in [2.45, 2.75) is 13.5 Å². The van der Waals surface area contributed by atoms with E-state index in [1.807, 2.05) is 37.3 Å². The van der Waals surface area contributed by atoms with Gasteiger partial charge in [0, 0.05) is 12.7 Å². The van der Waals surface area contributed by atoms with E-state index in [4.69, 9.17) is 14.0 Å². The van der Waals surface area contributed by atoms with Crippen LogP contribution in [-0.4, -0.2) is 40.0 Å². The van der Waals surface area contributed by atoms with Crippen LogP contribution in [0.2, 0.25) is 0 Å². The van der Waals surface area contributed by atoms with Crippen LogP contribution in [0.4, 0.5) is 5.13 Å². The predicted molar refractivity (Wildman–Crippen MR) is 115 cm³/mol. The number of aryl methyl sites for hydroxylation is 1. The van der Waals surface area contributed by atoms with Crippen LogP contribution in [0.1, 0.15) is 10.6 Å². The van der Waals surface area contributed by atoms with E-state index in [2.05, 4.69) is 25.7 Å². The molecule has 2 aromatic heterocycles. The maximum Gasteiger partial charge on any atom is 0.264 e. The van der Waals surface area contributed by atoms with E-state index in [1.165, 1.54) is 11.3 Å². The number of methoxy groups -OCH3 is 1. The highest BCUT2D eigenvalue weighted by atomic mass is 32.1. The Balaban J connectivity index is 1.45. The molecule has 1 N–H and O–H groups in total. The summed E-state index contributed by atoms with van der Waals surface area (Å²) in [7, 11) is 1.57. The first kappa shape index (κ1) is 20.6. The molecule has 158 valence electrons. The second-order valence-corrected chi connectivity index (χ2v) is 7.57. The van der Waals surface area contributed by atoms with Crippen LogP contribution < -0.4 is 10.1 Å². The molecule has 4 rings (SSSR count). The van der Waals surface area contributed by atoms with Gasteiger partial charge in [0.25, 0.3) is 11.8 Å². The molecule has 0 aliphatic heterocycles. The van der Waals surface area contributed by atoms with Gasteiger partial charge in [-0.25, -0.2) is 0 Å². The van der Waals surface area contributed by atoms with Gasteiger partial charge in [-0.1, -0.05) is 52.9 Å². The molecule has 2 heterocycles. The molecule has 0 unspecified atom stereocenters. The zero-order chi connectivity index (χ0) is 21.6. The maximum atomic E-state index is 12.2. The summed E-state index contributed by atoms with van der Waals surface area (Å²) in [6.45, 7) is 2.11. The highest BCUT2D eigenvalue weighted by Crippen LogP contribution is 2.30. The lowest BCUT2D eigenvalue weighted by Crippen LogP contribution is -2.20. The fourth-order valence-corrected chi connectivity index (χ4v) is 3.55. The topological polar surface area (TPSA) is 112 Å². The Morgan fingerprint density at radius 2 is 1.87 bits per heavy atom. The van der Waals surface area contributed by atoms with Gasteiger partial charge in [0.2, 0.25) is 11.0 Å². The van der Waals surface area contributed by atoms with Crippen molar-refractivity contribution in [3.63, 3.8) is 0 Å². The third-order valence-electron chi connectivity index (χ3n) is 4.27. The van der Waals surface area contributed by atoms with Crippen molar-refractivity contribution in [1.29, 1.82) is 0 Å². The molecule has 0 spiro atoms. The third kappa shape index (κ3) is 4.93. The number of carbonyl (C=O) groups excluding carboxylic acids is 1. The number of nitrogens with zero attached hydrogens (tertiary/aromatic N) is 4. The van der Waals surface area contributed by atoms with E-state index in [9.17, 15) is 4.79 Å². The molecule has 9 nitrogen and oxygen atoms in total. The molecule has 0 saturated carbocycles. The zero-order valence-corrected chi connectivity index (χ0v) is 17.7. The van der Waals surface area contributed by atoms with E-state index in [-0.39, 0.29) is 12.5 Å². The van der Waals surface area contributed by atoms with Gasteiger partial charge in [0.1, 0.15) is 17.4 Å². The Labute approximate surface area is 182 Å². The van der Waals surface area contributed by atoms with Crippen molar-refractivity contribution in [2.24, 2.45) is 0 Å². The zero-order valence-electron chi connectivity index (χ0n) is 16.9. The van der Waals surface area contributed by atoms with Crippen molar-refractivity contribution in [3.05, 3.63) is 59.1 Å². The number of carbonyl (C=O) groups is 1. The van der Waals surface area contributed by atoms with Crippen LogP contribution in [0.25, 0.3) is 22.8 Å². The number of ether oxygens (including phenoxy) is 2. The summed E-state index contributed by atoms with van der Waals surface area (Å²) in [6.07, 6.45) is 0. The lowest BCUT2D eigenvalue weighted by Gasteiger charge is -2.08. The van der Waals surface area contributed by atoms with Crippen molar-refractivity contribution in [1.82, 2.24) is 20.3 Å².